The number of amides is 1. The summed E-state index contributed by atoms with van der Waals surface area (Å²) in [4.78, 5) is 23.7. The number of aromatic nitrogens is 1. The quantitative estimate of drug-likeness (QED) is 0.805. The maximum absolute atomic E-state index is 13.0. The molecule has 0 bridgehead atoms. The van der Waals surface area contributed by atoms with E-state index < -0.39 is 0 Å². The van der Waals surface area contributed by atoms with Gasteiger partial charge in [-0.25, -0.2) is 0 Å². The van der Waals surface area contributed by atoms with Crippen molar-refractivity contribution in [2.75, 3.05) is 69.4 Å². The number of morpholine rings is 1. The van der Waals surface area contributed by atoms with Gasteiger partial charge in [0.15, 0.2) is 0 Å². The second-order valence-corrected chi connectivity index (χ2v) is 7.01. The minimum Gasteiger partial charge on any atom is -0.497 e. The van der Waals surface area contributed by atoms with E-state index in [1.165, 1.54) is 0 Å². The monoisotopic (exact) mass is 382 g/mol. The molecule has 28 heavy (non-hydrogen) atoms. The molecule has 0 atom stereocenters. The van der Waals surface area contributed by atoms with Gasteiger partial charge in [-0.3, -0.25) is 9.78 Å². The van der Waals surface area contributed by atoms with Gasteiger partial charge in [0, 0.05) is 51.2 Å². The summed E-state index contributed by atoms with van der Waals surface area (Å²) in [6.45, 7) is 6.12. The summed E-state index contributed by atoms with van der Waals surface area (Å²) < 4.78 is 10.6. The molecular weight excluding hydrogens is 356 g/mol. The summed E-state index contributed by atoms with van der Waals surface area (Å²) in [5.74, 6) is 0.905. The van der Waals surface area contributed by atoms with E-state index in [2.05, 4.69) is 26.9 Å². The first-order valence-electron chi connectivity index (χ1n) is 9.70. The normalized spacial score (nSPS) is 17.5. The lowest BCUT2D eigenvalue weighted by Gasteiger charge is -2.36. The van der Waals surface area contributed by atoms with Crippen molar-refractivity contribution in [2.24, 2.45) is 0 Å². The average Bonchev–Trinajstić information content (AvgIpc) is 2.79. The predicted octanol–water partition coefficient (Wildman–Crippen LogP) is 1.89. The van der Waals surface area contributed by atoms with Gasteiger partial charge in [0.05, 0.1) is 37.8 Å². The molecule has 0 radical (unpaired) electrons. The topological polar surface area (TPSA) is 58.1 Å². The first kappa shape index (κ1) is 18.6. The number of carbonyl (C=O) groups excluding carboxylic acids is 1. The molecule has 0 aliphatic carbocycles. The molecule has 7 heteroatoms. The number of rotatable bonds is 4. The molecule has 4 rings (SSSR count). The molecule has 2 saturated heterocycles. The molecule has 1 amide bonds. The summed E-state index contributed by atoms with van der Waals surface area (Å²) in [6.07, 6.45) is 3.49. The van der Waals surface area contributed by atoms with E-state index in [4.69, 9.17) is 9.47 Å². The molecule has 2 aliphatic rings. The van der Waals surface area contributed by atoms with Gasteiger partial charge in [-0.15, -0.1) is 0 Å². The van der Waals surface area contributed by atoms with Crippen molar-refractivity contribution in [1.82, 2.24) is 9.88 Å². The smallest absolute Gasteiger partial charge is 0.255 e. The number of ether oxygens (including phenoxy) is 2. The highest BCUT2D eigenvalue weighted by Gasteiger charge is 2.23. The number of nitrogens with zero attached hydrogens (tertiary/aromatic N) is 4. The SMILES string of the molecule is COc1ccc(N2CCN(C(=O)c3cncc(N4CCOCC4)c3)CC2)cc1. The van der Waals surface area contributed by atoms with E-state index >= 15 is 0 Å². The van der Waals surface area contributed by atoms with Crippen LogP contribution in [0.5, 0.6) is 5.75 Å². The largest absolute Gasteiger partial charge is 0.497 e. The van der Waals surface area contributed by atoms with Crippen LogP contribution in [0, 0.1) is 0 Å². The summed E-state index contributed by atoms with van der Waals surface area (Å²) in [7, 11) is 1.67. The summed E-state index contributed by atoms with van der Waals surface area (Å²) >= 11 is 0. The van der Waals surface area contributed by atoms with Gasteiger partial charge in [0.1, 0.15) is 5.75 Å². The van der Waals surface area contributed by atoms with Crippen LogP contribution >= 0.6 is 0 Å². The Balaban J connectivity index is 1.38. The van der Waals surface area contributed by atoms with Crippen molar-refractivity contribution in [3.8, 4) is 5.75 Å². The van der Waals surface area contributed by atoms with Gasteiger partial charge in [-0.2, -0.15) is 0 Å². The Morgan fingerprint density at radius 2 is 1.61 bits per heavy atom. The Bertz CT molecular complexity index is 798. The molecule has 2 aromatic rings. The number of pyridine rings is 1. The summed E-state index contributed by atoms with van der Waals surface area (Å²) in [5.41, 5.74) is 2.80. The number of piperazine rings is 1. The average molecular weight is 382 g/mol. The number of anilines is 2. The van der Waals surface area contributed by atoms with Crippen LogP contribution in [-0.2, 0) is 4.74 Å². The Hall–Kier alpha value is -2.80. The van der Waals surface area contributed by atoms with Gasteiger partial charge in [-0.05, 0) is 30.3 Å². The fraction of sp³-hybridized carbons (Fsp3) is 0.429. The molecule has 3 heterocycles. The van der Waals surface area contributed by atoms with E-state index in [1.807, 2.05) is 29.3 Å². The Morgan fingerprint density at radius 1 is 0.929 bits per heavy atom. The van der Waals surface area contributed by atoms with Gasteiger partial charge in [0.25, 0.3) is 5.91 Å². The molecule has 2 fully saturated rings. The molecule has 1 aromatic heterocycles. The number of hydrogen-bond acceptors (Lipinski definition) is 6. The summed E-state index contributed by atoms with van der Waals surface area (Å²) in [6, 6.07) is 10.0. The third-order valence-corrected chi connectivity index (χ3v) is 5.35. The number of carbonyl (C=O) groups is 1. The van der Waals surface area contributed by atoms with Crippen molar-refractivity contribution >= 4 is 17.3 Å². The van der Waals surface area contributed by atoms with Gasteiger partial charge < -0.3 is 24.2 Å². The van der Waals surface area contributed by atoms with Crippen LogP contribution in [0.15, 0.2) is 42.7 Å². The van der Waals surface area contributed by atoms with E-state index in [1.54, 1.807) is 13.3 Å². The molecule has 0 N–H and O–H groups in total. The van der Waals surface area contributed by atoms with Crippen LogP contribution in [0.4, 0.5) is 11.4 Å². The highest BCUT2D eigenvalue weighted by atomic mass is 16.5. The van der Waals surface area contributed by atoms with Crippen molar-refractivity contribution in [3.63, 3.8) is 0 Å². The molecule has 148 valence electrons. The van der Waals surface area contributed by atoms with Crippen molar-refractivity contribution in [1.29, 1.82) is 0 Å². The molecule has 0 saturated carbocycles. The zero-order valence-electron chi connectivity index (χ0n) is 16.2. The highest BCUT2D eigenvalue weighted by molar-refractivity contribution is 5.95. The number of hydrogen-bond donors (Lipinski definition) is 0. The molecule has 1 aromatic carbocycles. The minimum atomic E-state index is 0.0528. The van der Waals surface area contributed by atoms with E-state index in [9.17, 15) is 4.79 Å². The molecule has 0 spiro atoms. The number of methoxy groups -OCH3 is 1. The molecule has 7 nitrogen and oxygen atoms in total. The fourth-order valence-corrected chi connectivity index (χ4v) is 3.68. The van der Waals surface area contributed by atoms with E-state index in [0.717, 1.165) is 43.3 Å². The van der Waals surface area contributed by atoms with Gasteiger partial charge >= 0.3 is 0 Å². The van der Waals surface area contributed by atoms with Gasteiger partial charge in [0.2, 0.25) is 0 Å². The molecule has 2 aliphatic heterocycles. The van der Waals surface area contributed by atoms with Crippen LogP contribution in [-0.4, -0.2) is 75.4 Å². The number of benzene rings is 1. The second-order valence-electron chi connectivity index (χ2n) is 7.01. The van der Waals surface area contributed by atoms with Crippen LogP contribution in [0.25, 0.3) is 0 Å². The van der Waals surface area contributed by atoms with Crippen LogP contribution in [0.3, 0.4) is 0 Å². The van der Waals surface area contributed by atoms with Crippen molar-refractivity contribution < 1.29 is 14.3 Å². The van der Waals surface area contributed by atoms with E-state index in [0.29, 0.717) is 31.9 Å². The lowest BCUT2D eigenvalue weighted by molar-refractivity contribution is 0.0746. The van der Waals surface area contributed by atoms with Crippen molar-refractivity contribution in [2.45, 2.75) is 0 Å². The standard InChI is InChI=1S/C21H26N4O3/c1-27-20-4-2-18(3-5-20)23-6-8-25(9-7-23)21(26)17-14-19(16-22-15-17)24-10-12-28-13-11-24/h2-5,14-16H,6-13H2,1H3. The molecular formula is C21H26N4O3. The third-order valence-electron chi connectivity index (χ3n) is 5.35. The van der Waals surface area contributed by atoms with Gasteiger partial charge in [-0.1, -0.05) is 0 Å². The minimum absolute atomic E-state index is 0.0528. The Labute approximate surface area is 165 Å². The second kappa shape index (κ2) is 8.48. The fourth-order valence-electron chi connectivity index (χ4n) is 3.68. The van der Waals surface area contributed by atoms with E-state index in [-0.39, 0.29) is 5.91 Å². The maximum Gasteiger partial charge on any atom is 0.255 e. The molecule has 0 unspecified atom stereocenters. The first-order chi connectivity index (χ1) is 13.7. The van der Waals surface area contributed by atoms with Crippen LogP contribution in [0.1, 0.15) is 10.4 Å². The third kappa shape index (κ3) is 4.04. The lowest BCUT2D eigenvalue weighted by Crippen LogP contribution is -2.48. The maximum atomic E-state index is 13.0. The van der Waals surface area contributed by atoms with Crippen LogP contribution < -0.4 is 14.5 Å². The Morgan fingerprint density at radius 3 is 2.29 bits per heavy atom. The highest BCUT2D eigenvalue weighted by Crippen LogP contribution is 2.22. The first-order valence-corrected chi connectivity index (χ1v) is 9.70. The zero-order valence-corrected chi connectivity index (χ0v) is 16.2. The van der Waals surface area contributed by atoms with Crippen LogP contribution in [0.2, 0.25) is 0 Å². The Kier molecular flexibility index (Phi) is 5.62. The predicted molar refractivity (Wildman–Crippen MR) is 108 cm³/mol. The lowest BCUT2D eigenvalue weighted by atomic mass is 10.2. The summed E-state index contributed by atoms with van der Waals surface area (Å²) in [5, 5.41) is 0. The van der Waals surface area contributed by atoms with Crippen molar-refractivity contribution in [3.05, 3.63) is 48.3 Å². The zero-order chi connectivity index (χ0) is 19.3.